The second kappa shape index (κ2) is 13.4. The zero-order valence-electron chi connectivity index (χ0n) is 20.4. The van der Waals surface area contributed by atoms with Crippen molar-refractivity contribution >= 4 is 39.3 Å². The third-order valence-corrected chi connectivity index (χ3v) is 5.91. The van der Waals surface area contributed by atoms with E-state index in [4.69, 9.17) is 4.74 Å². The van der Waals surface area contributed by atoms with Gasteiger partial charge in [0, 0.05) is 21.3 Å². The number of ether oxygens (including phenoxy) is 1. The Labute approximate surface area is 219 Å². The number of hydrogen-bond acceptors (Lipinski definition) is 4. The van der Waals surface area contributed by atoms with Crippen LogP contribution < -0.4 is 20.9 Å². The van der Waals surface area contributed by atoms with Crippen LogP contribution in [0.2, 0.25) is 0 Å². The van der Waals surface area contributed by atoms with E-state index in [-0.39, 0.29) is 5.91 Å². The van der Waals surface area contributed by atoms with Gasteiger partial charge in [0.25, 0.3) is 17.7 Å². The number of aryl methyl sites for hydroxylation is 1. The molecule has 3 aromatic carbocycles. The summed E-state index contributed by atoms with van der Waals surface area (Å²) in [6.45, 7) is 4.58. The van der Waals surface area contributed by atoms with E-state index in [1.54, 1.807) is 54.6 Å². The Morgan fingerprint density at radius 2 is 1.56 bits per heavy atom. The molecule has 0 aliphatic rings. The molecule has 0 fully saturated rings. The number of carbonyl (C=O) groups excluding carboxylic acids is 3. The monoisotopic (exact) mass is 551 g/mol. The fourth-order valence-electron chi connectivity index (χ4n) is 3.46. The Hall–Kier alpha value is -3.65. The van der Waals surface area contributed by atoms with Crippen LogP contribution in [0, 0.1) is 6.92 Å². The zero-order chi connectivity index (χ0) is 25.9. The van der Waals surface area contributed by atoms with E-state index in [1.807, 2.05) is 19.1 Å². The normalized spacial score (nSPS) is 10.4. The van der Waals surface area contributed by atoms with Crippen LogP contribution in [0.5, 0.6) is 5.75 Å². The van der Waals surface area contributed by atoms with Crippen LogP contribution in [0.25, 0.3) is 0 Å². The lowest BCUT2D eigenvalue weighted by Crippen LogP contribution is -2.41. The highest BCUT2D eigenvalue weighted by molar-refractivity contribution is 9.10. The summed E-state index contributed by atoms with van der Waals surface area (Å²) in [5.41, 5.74) is 7.60. The fourth-order valence-corrected chi connectivity index (χ4v) is 3.83. The van der Waals surface area contributed by atoms with Crippen LogP contribution in [-0.4, -0.2) is 24.3 Å². The third kappa shape index (κ3) is 7.95. The maximum absolute atomic E-state index is 12.7. The van der Waals surface area contributed by atoms with E-state index in [9.17, 15) is 14.4 Å². The van der Waals surface area contributed by atoms with Gasteiger partial charge in [-0.3, -0.25) is 25.2 Å². The molecule has 0 bridgehead atoms. The second-order valence-electron chi connectivity index (χ2n) is 8.36. The molecule has 0 saturated heterocycles. The van der Waals surface area contributed by atoms with Crippen LogP contribution in [-0.2, 0) is 0 Å². The van der Waals surface area contributed by atoms with Gasteiger partial charge in [0.1, 0.15) is 5.75 Å². The van der Waals surface area contributed by atoms with Gasteiger partial charge in [-0.05, 0) is 67.9 Å². The standard InChI is InChI=1S/C28H30BrN3O4/c1-3-4-5-6-16-36-25-15-12-22(29)18-24(25)28(35)32-31-27(34)20-10-13-23(14-11-20)30-26(33)21-9-7-8-19(2)17-21/h7-15,17-18H,3-6,16H2,1-2H3,(H,30,33)(H,31,34)(H,32,35). The minimum Gasteiger partial charge on any atom is -0.493 e. The summed E-state index contributed by atoms with van der Waals surface area (Å²) < 4.78 is 6.53. The highest BCUT2D eigenvalue weighted by atomic mass is 79.9. The number of benzene rings is 3. The maximum Gasteiger partial charge on any atom is 0.273 e. The molecule has 0 aliphatic carbocycles. The van der Waals surface area contributed by atoms with Gasteiger partial charge in [0.15, 0.2) is 0 Å². The topological polar surface area (TPSA) is 96.5 Å². The first kappa shape index (κ1) is 26.9. The molecule has 0 aromatic heterocycles. The summed E-state index contributed by atoms with van der Waals surface area (Å²) in [6, 6.07) is 18.8. The van der Waals surface area contributed by atoms with E-state index in [0.29, 0.717) is 34.7 Å². The van der Waals surface area contributed by atoms with Crippen molar-refractivity contribution in [1.29, 1.82) is 0 Å². The van der Waals surface area contributed by atoms with Crippen LogP contribution in [0.1, 0.15) is 69.2 Å². The highest BCUT2D eigenvalue weighted by Gasteiger charge is 2.15. The van der Waals surface area contributed by atoms with E-state index in [1.165, 1.54) is 0 Å². The Balaban J connectivity index is 1.55. The Kier molecular flexibility index (Phi) is 10.1. The van der Waals surface area contributed by atoms with Crippen LogP contribution in [0.15, 0.2) is 71.2 Å². The van der Waals surface area contributed by atoms with Crippen molar-refractivity contribution in [3.8, 4) is 5.75 Å². The smallest absolute Gasteiger partial charge is 0.273 e. The van der Waals surface area contributed by atoms with Gasteiger partial charge in [-0.1, -0.05) is 59.8 Å². The summed E-state index contributed by atoms with van der Waals surface area (Å²) in [5, 5.41) is 2.80. The van der Waals surface area contributed by atoms with Gasteiger partial charge >= 0.3 is 0 Å². The summed E-state index contributed by atoms with van der Waals surface area (Å²) in [4.78, 5) is 37.7. The average molecular weight is 552 g/mol. The van der Waals surface area contributed by atoms with E-state index >= 15 is 0 Å². The lowest BCUT2D eigenvalue weighted by atomic mass is 10.1. The number of anilines is 1. The maximum atomic E-state index is 12.7. The number of rotatable bonds is 10. The average Bonchev–Trinajstić information content (AvgIpc) is 2.88. The van der Waals surface area contributed by atoms with Crippen molar-refractivity contribution in [3.05, 3.63) is 93.5 Å². The largest absolute Gasteiger partial charge is 0.493 e. The van der Waals surface area contributed by atoms with Crippen molar-refractivity contribution in [2.75, 3.05) is 11.9 Å². The van der Waals surface area contributed by atoms with Gasteiger partial charge < -0.3 is 10.1 Å². The fraction of sp³-hybridized carbons (Fsp3) is 0.250. The molecule has 0 atom stereocenters. The lowest BCUT2D eigenvalue weighted by molar-refractivity contribution is 0.0844. The Morgan fingerprint density at radius 1 is 0.806 bits per heavy atom. The first-order chi connectivity index (χ1) is 17.4. The Morgan fingerprint density at radius 3 is 2.28 bits per heavy atom. The molecule has 36 heavy (non-hydrogen) atoms. The number of hydrazine groups is 1. The number of carbonyl (C=O) groups is 3. The van der Waals surface area contributed by atoms with Gasteiger partial charge in [0.2, 0.25) is 0 Å². The number of halogens is 1. The molecular weight excluding hydrogens is 522 g/mol. The summed E-state index contributed by atoms with van der Waals surface area (Å²) in [7, 11) is 0. The quantitative estimate of drug-likeness (QED) is 0.211. The molecule has 8 heteroatoms. The number of amides is 3. The summed E-state index contributed by atoms with van der Waals surface area (Å²) in [6.07, 6.45) is 4.25. The molecule has 3 aromatic rings. The summed E-state index contributed by atoms with van der Waals surface area (Å²) in [5.74, 6) is -0.761. The van der Waals surface area contributed by atoms with Crippen molar-refractivity contribution in [3.63, 3.8) is 0 Å². The van der Waals surface area contributed by atoms with Crippen molar-refractivity contribution in [2.45, 2.75) is 39.5 Å². The predicted molar refractivity (Wildman–Crippen MR) is 144 cm³/mol. The molecule has 0 radical (unpaired) electrons. The molecular formula is C28H30BrN3O4. The highest BCUT2D eigenvalue weighted by Crippen LogP contribution is 2.23. The molecule has 3 N–H and O–H groups in total. The molecule has 0 spiro atoms. The lowest BCUT2D eigenvalue weighted by Gasteiger charge is -2.13. The molecule has 0 unspecified atom stereocenters. The Bertz CT molecular complexity index is 1210. The predicted octanol–water partition coefficient (Wildman–Crippen LogP) is 6.04. The number of nitrogens with one attached hydrogen (secondary N) is 3. The van der Waals surface area contributed by atoms with Crippen LogP contribution >= 0.6 is 15.9 Å². The van der Waals surface area contributed by atoms with E-state index in [2.05, 4.69) is 39.0 Å². The van der Waals surface area contributed by atoms with Gasteiger partial charge in [-0.25, -0.2) is 0 Å². The van der Waals surface area contributed by atoms with E-state index in [0.717, 1.165) is 35.7 Å². The molecule has 188 valence electrons. The minimum absolute atomic E-state index is 0.236. The van der Waals surface area contributed by atoms with Crippen molar-refractivity contribution < 1.29 is 19.1 Å². The SMILES string of the molecule is CCCCCCOc1ccc(Br)cc1C(=O)NNC(=O)c1ccc(NC(=O)c2cccc(C)c2)cc1. The molecule has 0 heterocycles. The van der Waals surface area contributed by atoms with Crippen molar-refractivity contribution in [1.82, 2.24) is 10.9 Å². The zero-order valence-corrected chi connectivity index (χ0v) is 22.0. The summed E-state index contributed by atoms with van der Waals surface area (Å²) >= 11 is 3.37. The van der Waals surface area contributed by atoms with Gasteiger partial charge in [-0.2, -0.15) is 0 Å². The molecule has 0 saturated carbocycles. The molecule has 7 nitrogen and oxygen atoms in total. The third-order valence-electron chi connectivity index (χ3n) is 5.42. The molecule has 3 amide bonds. The second-order valence-corrected chi connectivity index (χ2v) is 9.27. The minimum atomic E-state index is -0.491. The van der Waals surface area contributed by atoms with Crippen LogP contribution in [0.4, 0.5) is 5.69 Å². The van der Waals surface area contributed by atoms with Gasteiger partial charge in [-0.15, -0.1) is 0 Å². The van der Waals surface area contributed by atoms with Gasteiger partial charge in [0.05, 0.1) is 12.2 Å². The molecule has 0 aliphatic heterocycles. The number of hydrogen-bond donors (Lipinski definition) is 3. The first-order valence-electron chi connectivity index (χ1n) is 11.9. The number of unbranched alkanes of at least 4 members (excludes halogenated alkanes) is 3. The van der Waals surface area contributed by atoms with Crippen LogP contribution in [0.3, 0.4) is 0 Å². The molecule has 3 rings (SSSR count). The van der Waals surface area contributed by atoms with Crippen molar-refractivity contribution in [2.24, 2.45) is 0 Å². The first-order valence-corrected chi connectivity index (χ1v) is 12.7. The van der Waals surface area contributed by atoms with E-state index < -0.39 is 11.8 Å².